The number of rotatable bonds is 3. The molecule has 1 aliphatic carbocycles. The SMILES string of the molecule is COc1ccc([C@H]2CC(=O)C=C(c3ccc4c(c3)OCO4)C2)cc1. The molecule has 1 aliphatic heterocycles. The predicted octanol–water partition coefficient (Wildman–Crippen LogP) is 3.95. The van der Waals surface area contributed by atoms with Crippen LogP contribution < -0.4 is 14.2 Å². The molecule has 0 saturated carbocycles. The fourth-order valence-electron chi connectivity index (χ4n) is 3.30. The largest absolute Gasteiger partial charge is 0.497 e. The van der Waals surface area contributed by atoms with Crippen molar-refractivity contribution in [3.8, 4) is 17.2 Å². The van der Waals surface area contributed by atoms with E-state index in [-0.39, 0.29) is 18.5 Å². The van der Waals surface area contributed by atoms with Crippen LogP contribution in [0.1, 0.15) is 29.9 Å². The molecule has 0 amide bonds. The second-order valence-corrected chi connectivity index (χ2v) is 6.08. The monoisotopic (exact) mass is 322 g/mol. The molecule has 1 atom stereocenters. The van der Waals surface area contributed by atoms with E-state index >= 15 is 0 Å². The smallest absolute Gasteiger partial charge is 0.231 e. The van der Waals surface area contributed by atoms with Crippen LogP contribution >= 0.6 is 0 Å². The fraction of sp³-hybridized carbons (Fsp3) is 0.250. The van der Waals surface area contributed by atoms with Crippen molar-refractivity contribution in [3.63, 3.8) is 0 Å². The van der Waals surface area contributed by atoms with Crippen LogP contribution in [0.2, 0.25) is 0 Å². The van der Waals surface area contributed by atoms with Gasteiger partial charge in [-0.25, -0.2) is 0 Å². The van der Waals surface area contributed by atoms with E-state index in [1.165, 1.54) is 0 Å². The predicted molar refractivity (Wildman–Crippen MR) is 90.5 cm³/mol. The highest BCUT2D eigenvalue weighted by atomic mass is 16.7. The first-order valence-corrected chi connectivity index (χ1v) is 8.00. The maximum Gasteiger partial charge on any atom is 0.231 e. The summed E-state index contributed by atoms with van der Waals surface area (Å²) in [7, 11) is 1.65. The molecule has 0 saturated heterocycles. The van der Waals surface area contributed by atoms with Crippen LogP contribution in [-0.2, 0) is 4.79 Å². The first-order valence-electron chi connectivity index (χ1n) is 8.00. The Labute approximate surface area is 140 Å². The quantitative estimate of drug-likeness (QED) is 0.858. The van der Waals surface area contributed by atoms with Gasteiger partial charge in [0.05, 0.1) is 7.11 Å². The lowest BCUT2D eigenvalue weighted by molar-refractivity contribution is -0.115. The van der Waals surface area contributed by atoms with Crippen LogP contribution in [0.25, 0.3) is 5.57 Å². The Balaban J connectivity index is 1.61. The highest BCUT2D eigenvalue weighted by molar-refractivity contribution is 5.99. The number of carbonyl (C=O) groups is 1. The van der Waals surface area contributed by atoms with E-state index in [0.29, 0.717) is 6.42 Å². The maximum absolute atomic E-state index is 12.2. The second kappa shape index (κ2) is 6.04. The summed E-state index contributed by atoms with van der Waals surface area (Å²) >= 11 is 0. The normalized spacial score (nSPS) is 19.1. The molecule has 0 N–H and O–H groups in total. The van der Waals surface area contributed by atoms with Crippen molar-refractivity contribution in [2.45, 2.75) is 18.8 Å². The first-order chi connectivity index (χ1) is 11.7. The average molecular weight is 322 g/mol. The van der Waals surface area contributed by atoms with Gasteiger partial charge in [0.15, 0.2) is 17.3 Å². The highest BCUT2D eigenvalue weighted by Crippen LogP contribution is 2.40. The second-order valence-electron chi connectivity index (χ2n) is 6.08. The molecule has 24 heavy (non-hydrogen) atoms. The van der Waals surface area contributed by atoms with Crippen molar-refractivity contribution in [2.75, 3.05) is 13.9 Å². The zero-order valence-corrected chi connectivity index (χ0v) is 13.5. The van der Waals surface area contributed by atoms with E-state index < -0.39 is 0 Å². The number of ether oxygens (including phenoxy) is 3. The van der Waals surface area contributed by atoms with Crippen molar-refractivity contribution < 1.29 is 19.0 Å². The van der Waals surface area contributed by atoms with Crippen LogP contribution in [0.3, 0.4) is 0 Å². The maximum atomic E-state index is 12.2. The molecular weight excluding hydrogens is 304 g/mol. The lowest BCUT2D eigenvalue weighted by Crippen LogP contribution is -2.12. The van der Waals surface area contributed by atoms with Crippen molar-refractivity contribution in [2.24, 2.45) is 0 Å². The molecule has 0 bridgehead atoms. The molecule has 2 aliphatic rings. The molecule has 2 aromatic carbocycles. The Morgan fingerprint density at radius 2 is 1.79 bits per heavy atom. The van der Waals surface area contributed by atoms with E-state index in [0.717, 1.165) is 40.4 Å². The minimum Gasteiger partial charge on any atom is -0.497 e. The summed E-state index contributed by atoms with van der Waals surface area (Å²) in [6.45, 7) is 0.255. The van der Waals surface area contributed by atoms with Gasteiger partial charge in [0.1, 0.15) is 5.75 Å². The molecule has 1 heterocycles. The molecule has 122 valence electrons. The molecule has 4 heteroatoms. The molecule has 2 aromatic rings. The Kier molecular flexibility index (Phi) is 3.73. The summed E-state index contributed by atoms with van der Waals surface area (Å²) in [6, 6.07) is 13.8. The number of hydrogen-bond donors (Lipinski definition) is 0. The molecule has 0 unspecified atom stereocenters. The highest BCUT2D eigenvalue weighted by Gasteiger charge is 2.24. The van der Waals surface area contributed by atoms with Gasteiger partial charge < -0.3 is 14.2 Å². The van der Waals surface area contributed by atoms with Crippen LogP contribution in [0.5, 0.6) is 17.2 Å². The van der Waals surface area contributed by atoms with Gasteiger partial charge in [0.25, 0.3) is 0 Å². The van der Waals surface area contributed by atoms with Gasteiger partial charge in [-0.1, -0.05) is 18.2 Å². The van der Waals surface area contributed by atoms with Gasteiger partial charge in [-0.05, 0) is 59.4 Å². The number of allylic oxidation sites excluding steroid dienone is 2. The molecule has 0 fully saturated rings. The van der Waals surface area contributed by atoms with Crippen molar-refractivity contribution in [1.29, 1.82) is 0 Å². The molecule has 4 nitrogen and oxygen atoms in total. The molecule has 0 radical (unpaired) electrons. The topological polar surface area (TPSA) is 44.8 Å². The lowest BCUT2D eigenvalue weighted by Gasteiger charge is -2.23. The Bertz CT molecular complexity index is 805. The third kappa shape index (κ3) is 2.75. The van der Waals surface area contributed by atoms with E-state index in [9.17, 15) is 4.79 Å². The van der Waals surface area contributed by atoms with Gasteiger partial charge in [-0.3, -0.25) is 4.79 Å². The van der Waals surface area contributed by atoms with E-state index in [2.05, 4.69) is 0 Å². The third-order valence-electron chi connectivity index (χ3n) is 4.58. The lowest BCUT2D eigenvalue weighted by atomic mass is 9.81. The minimum absolute atomic E-state index is 0.162. The Hall–Kier alpha value is -2.75. The van der Waals surface area contributed by atoms with Crippen LogP contribution in [0.4, 0.5) is 0 Å². The van der Waals surface area contributed by atoms with Gasteiger partial charge in [-0.15, -0.1) is 0 Å². The Morgan fingerprint density at radius 1 is 1.00 bits per heavy atom. The number of fused-ring (bicyclic) bond motifs is 1. The van der Waals surface area contributed by atoms with Gasteiger partial charge in [-0.2, -0.15) is 0 Å². The van der Waals surface area contributed by atoms with Gasteiger partial charge in [0.2, 0.25) is 6.79 Å². The van der Waals surface area contributed by atoms with Crippen molar-refractivity contribution in [1.82, 2.24) is 0 Å². The third-order valence-corrected chi connectivity index (χ3v) is 4.58. The van der Waals surface area contributed by atoms with Crippen LogP contribution in [-0.4, -0.2) is 19.7 Å². The first kappa shape index (κ1) is 14.8. The minimum atomic E-state index is 0.162. The zero-order valence-electron chi connectivity index (χ0n) is 13.5. The summed E-state index contributed by atoms with van der Waals surface area (Å²) in [5.41, 5.74) is 3.23. The Morgan fingerprint density at radius 3 is 2.58 bits per heavy atom. The molecule has 0 aromatic heterocycles. The number of carbonyl (C=O) groups excluding carboxylic acids is 1. The summed E-state index contributed by atoms with van der Waals surface area (Å²) in [4.78, 5) is 12.2. The van der Waals surface area contributed by atoms with Gasteiger partial charge >= 0.3 is 0 Å². The van der Waals surface area contributed by atoms with E-state index in [1.807, 2.05) is 42.5 Å². The molecule has 4 rings (SSSR count). The van der Waals surface area contributed by atoms with Crippen molar-refractivity contribution >= 4 is 11.4 Å². The van der Waals surface area contributed by atoms with E-state index in [1.54, 1.807) is 13.2 Å². The zero-order chi connectivity index (χ0) is 16.5. The van der Waals surface area contributed by atoms with Crippen LogP contribution in [0, 0.1) is 0 Å². The van der Waals surface area contributed by atoms with E-state index in [4.69, 9.17) is 14.2 Å². The summed E-state index contributed by atoms with van der Waals surface area (Å²) in [5, 5.41) is 0. The number of benzene rings is 2. The molecular formula is C20H18O4. The average Bonchev–Trinajstić information content (AvgIpc) is 3.09. The van der Waals surface area contributed by atoms with Crippen LogP contribution in [0.15, 0.2) is 48.5 Å². The number of hydrogen-bond acceptors (Lipinski definition) is 4. The molecule has 0 spiro atoms. The number of methoxy groups -OCH3 is 1. The summed E-state index contributed by atoms with van der Waals surface area (Å²) in [6.07, 6.45) is 3.13. The number of ketones is 1. The standard InChI is InChI=1S/C20H18O4/c1-22-18-5-2-13(3-6-18)15-8-16(10-17(21)9-15)14-4-7-19-20(11-14)24-12-23-19/h2-7,10-11,15H,8-9,12H2,1H3/t15-/m1/s1. The fourth-order valence-corrected chi connectivity index (χ4v) is 3.30. The van der Waals surface area contributed by atoms with Gasteiger partial charge in [0, 0.05) is 6.42 Å². The van der Waals surface area contributed by atoms with Crippen molar-refractivity contribution in [3.05, 3.63) is 59.7 Å². The summed E-state index contributed by atoms with van der Waals surface area (Å²) in [5.74, 6) is 2.68. The summed E-state index contributed by atoms with van der Waals surface area (Å²) < 4.78 is 16.0.